The highest BCUT2D eigenvalue weighted by Crippen LogP contribution is 2.20. The lowest BCUT2D eigenvalue weighted by Gasteiger charge is -2.10. The molecule has 2 aromatic rings. The Morgan fingerprint density at radius 1 is 1.12 bits per heavy atom. The zero-order valence-corrected chi connectivity index (χ0v) is 15.8. The van der Waals surface area contributed by atoms with E-state index in [4.69, 9.17) is 21.7 Å². The Balaban J connectivity index is 2.88. The minimum atomic E-state index is -0.669. The summed E-state index contributed by atoms with van der Waals surface area (Å²) in [7, 11) is 6.01. The molecule has 0 saturated heterocycles. The highest BCUT2D eigenvalue weighted by molar-refractivity contribution is 7.80. The van der Waals surface area contributed by atoms with Crippen LogP contribution >= 0.6 is 23.6 Å². The Morgan fingerprint density at radius 3 is 2.24 bits per heavy atom. The van der Waals surface area contributed by atoms with Gasteiger partial charge in [-0.05, 0) is 24.4 Å². The number of benzene rings is 1. The van der Waals surface area contributed by atoms with E-state index in [1.165, 1.54) is 14.2 Å². The summed E-state index contributed by atoms with van der Waals surface area (Å²) in [6.45, 7) is 0. The van der Waals surface area contributed by atoms with Gasteiger partial charge in [-0.2, -0.15) is 4.99 Å². The fraction of sp³-hybridized carbons (Fsp3) is 0.250. The number of hydrogen-bond donors (Lipinski definition) is 0. The van der Waals surface area contributed by atoms with Crippen molar-refractivity contribution in [3.8, 4) is 5.69 Å². The number of esters is 2. The zero-order chi connectivity index (χ0) is 18.6. The van der Waals surface area contributed by atoms with Gasteiger partial charge < -0.3 is 14.4 Å². The van der Waals surface area contributed by atoms with Crippen molar-refractivity contribution in [2.24, 2.45) is 4.99 Å². The molecule has 1 aromatic carbocycles. The van der Waals surface area contributed by atoms with Crippen molar-refractivity contribution in [3.63, 3.8) is 0 Å². The first-order chi connectivity index (χ1) is 11.9. The first kappa shape index (κ1) is 18.8. The van der Waals surface area contributed by atoms with Gasteiger partial charge >= 0.3 is 11.9 Å². The van der Waals surface area contributed by atoms with Gasteiger partial charge in [-0.15, -0.1) is 0 Å². The second-order valence-corrected chi connectivity index (χ2v) is 6.35. The quantitative estimate of drug-likeness (QED) is 0.599. The molecule has 0 aliphatic heterocycles. The van der Waals surface area contributed by atoms with Crippen LogP contribution in [-0.4, -0.2) is 54.8 Å². The molecule has 25 heavy (non-hydrogen) atoms. The summed E-state index contributed by atoms with van der Waals surface area (Å²) < 4.78 is 11.2. The molecule has 1 heterocycles. The summed E-state index contributed by atoms with van der Waals surface area (Å²) in [6, 6.07) is 9.05. The largest absolute Gasteiger partial charge is 0.465 e. The van der Waals surface area contributed by atoms with Crippen LogP contribution < -0.4 is 4.80 Å². The van der Waals surface area contributed by atoms with Gasteiger partial charge in [-0.3, -0.25) is 4.57 Å². The zero-order valence-electron chi connectivity index (χ0n) is 14.2. The molecule has 132 valence electrons. The molecule has 2 rings (SSSR count). The maximum absolute atomic E-state index is 12.4. The number of ether oxygens (including phenoxy) is 2. The normalized spacial score (nSPS) is 11.1. The highest BCUT2D eigenvalue weighted by Gasteiger charge is 2.27. The van der Waals surface area contributed by atoms with Crippen molar-refractivity contribution in [2.75, 3.05) is 28.3 Å². The Kier molecular flexibility index (Phi) is 6.05. The SMILES string of the molecule is COC(=O)c1s/c(=N\C(=S)N(C)C)n(-c2ccccc2)c1C(=O)OC. The van der Waals surface area contributed by atoms with E-state index in [1.54, 1.807) is 35.7 Å². The lowest BCUT2D eigenvalue weighted by molar-refractivity contribution is 0.0552. The first-order valence-electron chi connectivity index (χ1n) is 7.14. The third-order valence-corrected chi connectivity index (χ3v) is 4.64. The first-order valence-corrected chi connectivity index (χ1v) is 8.37. The van der Waals surface area contributed by atoms with E-state index in [2.05, 4.69) is 4.99 Å². The average Bonchev–Trinajstić information content (AvgIpc) is 3.00. The highest BCUT2D eigenvalue weighted by atomic mass is 32.1. The molecule has 0 amide bonds. The van der Waals surface area contributed by atoms with Crippen molar-refractivity contribution < 1.29 is 19.1 Å². The molecule has 0 aliphatic rings. The fourth-order valence-corrected chi connectivity index (χ4v) is 3.15. The molecule has 7 nitrogen and oxygen atoms in total. The molecule has 0 aliphatic carbocycles. The summed E-state index contributed by atoms with van der Waals surface area (Å²) >= 11 is 6.24. The van der Waals surface area contributed by atoms with E-state index in [-0.39, 0.29) is 10.6 Å². The molecule has 0 N–H and O–H groups in total. The number of aromatic nitrogens is 1. The van der Waals surface area contributed by atoms with Crippen LogP contribution in [-0.2, 0) is 9.47 Å². The van der Waals surface area contributed by atoms with E-state index in [0.717, 1.165) is 11.3 Å². The van der Waals surface area contributed by atoms with Crippen LogP contribution in [0.4, 0.5) is 0 Å². The minimum Gasteiger partial charge on any atom is -0.465 e. The Bertz CT molecular complexity index is 869. The number of nitrogens with zero attached hydrogens (tertiary/aromatic N) is 3. The van der Waals surface area contributed by atoms with Crippen LogP contribution in [0.1, 0.15) is 20.2 Å². The van der Waals surface area contributed by atoms with Crippen LogP contribution in [0.5, 0.6) is 0 Å². The molecule has 0 unspecified atom stereocenters. The second kappa shape index (κ2) is 8.04. The number of rotatable bonds is 3. The number of thiazole rings is 1. The van der Waals surface area contributed by atoms with Crippen LogP contribution in [0.2, 0.25) is 0 Å². The Labute approximate surface area is 154 Å². The lowest BCUT2D eigenvalue weighted by atomic mass is 10.3. The fourth-order valence-electron chi connectivity index (χ4n) is 1.97. The molecule has 1 aromatic heterocycles. The Morgan fingerprint density at radius 2 is 1.72 bits per heavy atom. The van der Waals surface area contributed by atoms with E-state index in [9.17, 15) is 9.59 Å². The van der Waals surface area contributed by atoms with E-state index >= 15 is 0 Å². The summed E-state index contributed by atoms with van der Waals surface area (Å²) in [5, 5.41) is 0.304. The van der Waals surface area contributed by atoms with Gasteiger partial charge in [0.15, 0.2) is 15.6 Å². The Hall–Kier alpha value is -2.52. The van der Waals surface area contributed by atoms with Crippen molar-refractivity contribution in [3.05, 3.63) is 45.7 Å². The van der Waals surface area contributed by atoms with E-state index < -0.39 is 11.9 Å². The number of carbonyl (C=O) groups is 2. The molecule has 0 bridgehead atoms. The van der Waals surface area contributed by atoms with E-state index in [0.29, 0.717) is 15.6 Å². The number of hydrogen-bond acceptors (Lipinski definition) is 6. The minimum absolute atomic E-state index is 0.0471. The summed E-state index contributed by atoms with van der Waals surface area (Å²) in [5.74, 6) is -1.31. The molecule has 0 radical (unpaired) electrons. The van der Waals surface area contributed by atoms with Gasteiger partial charge in [-0.25, -0.2) is 9.59 Å². The predicted octanol–water partition coefficient (Wildman–Crippen LogP) is 1.86. The van der Waals surface area contributed by atoms with Gasteiger partial charge in [0.25, 0.3) is 0 Å². The van der Waals surface area contributed by atoms with Crippen LogP contribution in [0.3, 0.4) is 0 Å². The smallest absolute Gasteiger partial charge is 0.356 e. The van der Waals surface area contributed by atoms with Gasteiger partial charge in [0.1, 0.15) is 4.88 Å². The summed E-state index contributed by atoms with van der Waals surface area (Å²) in [6.07, 6.45) is 0. The van der Waals surface area contributed by atoms with Gasteiger partial charge in [0, 0.05) is 19.8 Å². The number of para-hydroxylation sites is 1. The van der Waals surface area contributed by atoms with Gasteiger partial charge in [0.2, 0.25) is 0 Å². The maximum Gasteiger partial charge on any atom is 0.356 e. The molecular formula is C16H17N3O4S2. The van der Waals surface area contributed by atoms with Crippen LogP contribution in [0.15, 0.2) is 35.3 Å². The van der Waals surface area contributed by atoms with Crippen molar-refractivity contribution in [1.82, 2.24) is 9.47 Å². The third-order valence-electron chi connectivity index (χ3n) is 3.16. The van der Waals surface area contributed by atoms with Gasteiger partial charge in [0.05, 0.1) is 14.2 Å². The standard InChI is InChI=1S/C16H17N3O4S2/c1-18(2)15(24)17-16-19(10-8-6-5-7-9-10)11(13(20)22-3)12(25-16)14(21)23-4/h5-9H,1-4H3/b17-16-. The van der Waals surface area contributed by atoms with Crippen LogP contribution in [0.25, 0.3) is 5.69 Å². The van der Waals surface area contributed by atoms with Crippen molar-refractivity contribution in [1.29, 1.82) is 0 Å². The van der Waals surface area contributed by atoms with Crippen molar-refractivity contribution in [2.45, 2.75) is 0 Å². The predicted molar refractivity (Wildman–Crippen MR) is 98.2 cm³/mol. The summed E-state index contributed by atoms with van der Waals surface area (Å²) in [4.78, 5) is 31.0. The number of carbonyl (C=O) groups excluding carboxylic acids is 2. The van der Waals surface area contributed by atoms with E-state index in [1.807, 2.05) is 18.2 Å². The lowest BCUT2D eigenvalue weighted by Crippen LogP contribution is -2.25. The third kappa shape index (κ3) is 3.94. The van der Waals surface area contributed by atoms with Crippen molar-refractivity contribution >= 4 is 40.6 Å². The molecule has 0 saturated carbocycles. The second-order valence-electron chi connectivity index (χ2n) is 5.01. The van der Waals surface area contributed by atoms with Gasteiger partial charge in [-0.1, -0.05) is 29.5 Å². The molecular weight excluding hydrogens is 362 g/mol. The monoisotopic (exact) mass is 379 g/mol. The van der Waals surface area contributed by atoms with Crippen LogP contribution in [0, 0.1) is 0 Å². The number of thiocarbonyl (C=S) groups is 1. The number of methoxy groups -OCH3 is 2. The maximum atomic E-state index is 12.4. The summed E-state index contributed by atoms with van der Waals surface area (Å²) in [5.41, 5.74) is 0.695. The molecule has 0 fully saturated rings. The average molecular weight is 379 g/mol. The molecule has 0 atom stereocenters. The topological polar surface area (TPSA) is 73.1 Å². The molecule has 9 heteroatoms. The molecule has 0 spiro atoms.